The normalized spacial score (nSPS) is 12.0. The standard InChI is InChI=1S/C50H32F6N2/c51-49(52,53)45-29-23-38(32-46(45)50(54,55)56)35-17-15-33(16-18-35)34-19-27-42(28-20-34)58-47-14-8-7-13-43(47)44-31-37(24-30-48(44)58)36-21-25-41(26-22-36)57(39-9-3-1-4-10-39)40-11-5-2-6-12-40/h1-32H. The summed E-state index contributed by atoms with van der Waals surface area (Å²) in [6, 6.07) is 60.9. The molecule has 0 spiro atoms. The fourth-order valence-corrected chi connectivity index (χ4v) is 7.70. The highest BCUT2D eigenvalue weighted by atomic mass is 19.4. The summed E-state index contributed by atoms with van der Waals surface area (Å²) < 4.78 is 82.9. The molecular formula is C50H32F6N2. The Morgan fingerprint density at radius 3 is 1.31 bits per heavy atom. The first-order valence-electron chi connectivity index (χ1n) is 18.6. The average Bonchev–Trinajstić information content (AvgIpc) is 3.58. The zero-order valence-electron chi connectivity index (χ0n) is 30.6. The number of rotatable bonds is 7. The zero-order chi connectivity index (χ0) is 40.0. The van der Waals surface area contributed by atoms with Crippen LogP contribution >= 0.6 is 0 Å². The first-order valence-corrected chi connectivity index (χ1v) is 18.6. The molecule has 0 N–H and O–H groups in total. The van der Waals surface area contributed by atoms with Gasteiger partial charge in [0, 0.05) is 33.5 Å². The van der Waals surface area contributed by atoms with Crippen molar-refractivity contribution in [1.29, 1.82) is 0 Å². The van der Waals surface area contributed by atoms with Crippen molar-refractivity contribution < 1.29 is 26.3 Å². The van der Waals surface area contributed by atoms with Crippen LogP contribution in [0.15, 0.2) is 194 Å². The van der Waals surface area contributed by atoms with E-state index >= 15 is 0 Å². The van der Waals surface area contributed by atoms with Crippen LogP contribution in [-0.2, 0) is 12.4 Å². The fourth-order valence-electron chi connectivity index (χ4n) is 7.70. The van der Waals surface area contributed by atoms with Crippen LogP contribution in [0, 0.1) is 0 Å². The van der Waals surface area contributed by atoms with Gasteiger partial charge in [0.05, 0.1) is 22.2 Å². The van der Waals surface area contributed by atoms with Crippen molar-refractivity contribution in [2.45, 2.75) is 12.4 Å². The maximum absolute atomic E-state index is 13.6. The number of fused-ring (bicyclic) bond motifs is 3. The van der Waals surface area contributed by atoms with Crippen LogP contribution in [0.5, 0.6) is 0 Å². The van der Waals surface area contributed by atoms with Gasteiger partial charge < -0.3 is 9.47 Å². The van der Waals surface area contributed by atoms with E-state index in [9.17, 15) is 26.3 Å². The molecule has 1 aromatic heterocycles. The van der Waals surface area contributed by atoms with E-state index in [4.69, 9.17) is 0 Å². The number of para-hydroxylation sites is 3. The molecular weight excluding hydrogens is 743 g/mol. The van der Waals surface area contributed by atoms with Crippen LogP contribution < -0.4 is 4.90 Å². The van der Waals surface area contributed by atoms with E-state index in [1.165, 1.54) is 0 Å². The SMILES string of the molecule is FC(F)(F)c1ccc(-c2ccc(-c3ccc(-n4c5ccccc5c5cc(-c6ccc(N(c7ccccc7)c7ccccc7)cc6)ccc54)cc3)cc2)cc1C(F)(F)F. The Labute approximate surface area is 330 Å². The van der Waals surface area contributed by atoms with Gasteiger partial charge in [-0.2, -0.15) is 26.3 Å². The van der Waals surface area contributed by atoms with Crippen molar-refractivity contribution in [2.24, 2.45) is 0 Å². The average molecular weight is 775 g/mol. The fraction of sp³-hybridized carbons (Fsp3) is 0.0400. The monoisotopic (exact) mass is 774 g/mol. The van der Waals surface area contributed by atoms with Crippen molar-refractivity contribution in [2.75, 3.05) is 4.90 Å². The van der Waals surface area contributed by atoms with E-state index in [0.29, 0.717) is 17.7 Å². The molecule has 284 valence electrons. The summed E-state index contributed by atoms with van der Waals surface area (Å²) in [4.78, 5) is 2.24. The van der Waals surface area contributed by atoms with Gasteiger partial charge in [0.25, 0.3) is 0 Å². The number of anilines is 3. The zero-order valence-corrected chi connectivity index (χ0v) is 30.6. The second kappa shape index (κ2) is 14.5. The topological polar surface area (TPSA) is 8.17 Å². The summed E-state index contributed by atoms with van der Waals surface area (Å²) in [5.41, 5.74) is 7.15. The maximum Gasteiger partial charge on any atom is 0.417 e. The third-order valence-corrected chi connectivity index (χ3v) is 10.5. The highest BCUT2D eigenvalue weighted by molar-refractivity contribution is 6.10. The van der Waals surface area contributed by atoms with Gasteiger partial charge in [-0.1, -0.05) is 115 Å². The van der Waals surface area contributed by atoms with E-state index in [-0.39, 0.29) is 5.56 Å². The number of benzene rings is 8. The molecule has 0 saturated carbocycles. The number of hydrogen-bond donors (Lipinski definition) is 0. The van der Waals surface area contributed by atoms with Crippen molar-refractivity contribution in [3.05, 3.63) is 205 Å². The van der Waals surface area contributed by atoms with Crippen LogP contribution in [0.4, 0.5) is 43.4 Å². The Hall–Kier alpha value is -7.06. The summed E-state index contributed by atoms with van der Waals surface area (Å²) in [5.74, 6) is 0. The molecule has 0 aliphatic heterocycles. The van der Waals surface area contributed by atoms with Gasteiger partial charge in [-0.05, 0) is 112 Å². The van der Waals surface area contributed by atoms with Crippen molar-refractivity contribution in [3.63, 3.8) is 0 Å². The molecule has 0 aliphatic carbocycles. The second-order valence-electron chi connectivity index (χ2n) is 14.0. The lowest BCUT2D eigenvalue weighted by Gasteiger charge is -2.25. The number of nitrogens with zero attached hydrogens (tertiary/aromatic N) is 2. The molecule has 8 heteroatoms. The highest BCUT2D eigenvalue weighted by Gasteiger charge is 2.43. The molecule has 0 aliphatic rings. The quantitative estimate of drug-likeness (QED) is 0.146. The first-order chi connectivity index (χ1) is 28.0. The van der Waals surface area contributed by atoms with Gasteiger partial charge in [-0.3, -0.25) is 0 Å². The number of halogens is 6. The molecule has 1 heterocycles. The molecule has 8 aromatic carbocycles. The maximum atomic E-state index is 13.6. The Balaban J connectivity index is 1.01. The van der Waals surface area contributed by atoms with E-state index in [0.717, 1.165) is 72.9 Å². The minimum atomic E-state index is -5.15. The second-order valence-corrected chi connectivity index (χ2v) is 14.0. The number of hydrogen-bond acceptors (Lipinski definition) is 1. The smallest absolute Gasteiger partial charge is 0.311 e. The Bertz CT molecular complexity index is 2840. The summed E-state index contributed by atoms with van der Waals surface area (Å²) in [7, 11) is 0. The lowest BCUT2D eigenvalue weighted by molar-refractivity contribution is -0.162. The molecule has 9 rings (SSSR count). The minimum Gasteiger partial charge on any atom is -0.311 e. The molecule has 0 amide bonds. The van der Waals surface area contributed by atoms with Gasteiger partial charge in [-0.25, -0.2) is 0 Å². The molecule has 9 aromatic rings. The Morgan fingerprint density at radius 2 is 0.741 bits per heavy atom. The van der Waals surface area contributed by atoms with Crippen molar-refractivity contribution in [1.82, 2.24) is 4.57 Å². The van der Waals surface area contributed by atoms with E-state index < -0.39 is 23.5 Å². The van der Waals surface area contributed by atoms with Crippen LogP contribution in [0.2, 0.25) is 0 Å². The number of alkyl halides is 6. The third-order valence-electron chi connectivity index (χ3n) is 10.5. The van der Waals surface area contributed by atoms with E-state index in [2.05, 4.69) is 88.3 Å². The molecule has 58 heavy (non-hydrogen) atoms. The minimum absolute atomic E-state index is 0.0477. The van der Waals surface area contributed by atoms with Crippen LogP contribution in [0.3, 0.4) is 0 Å². The van der Waals surface area contributed by atoms with Gasteiger partial charge in [0.2, 0.25) is 0 Å². The first kappa shape index (κ1) is 36.6. The predicted octanol–water partition coefficient (Wildman–Crippen LogP) is 15.3. The Kier molecular flexibility index (Phi) is 9.12. The predicted molar refractivity (Wildman–Crippen MR) is 222 cm³/mol. The van der Waals surface area contributed by atoms with Gasteiger partial charge in [0.1, 0.15) is 0 Å². The molecule has 0 fully saturated rings. The largest absolute Gasteiger partial charge is 0.417 e. The van der Waals surface area contributed by atoms with Crippen molar-refractivity contribution >= 4 is 38.9 Å². The summed E-state index contributed by atoms with van der Waals surface area (Å²) in [6.45, 7) is 0. The lowest BCUT2D eigenvalue weighted by Crippen LogP contribution is -2.16. The van der Waals surface area contributed by atoms with Gasteiger partial charge in [0.15, 0.2) is 0 Å². The molecule has 0 saturated heterocycles. The van der Waals surface area contributed by atoms with Gasteiger partial charge >= 0.3 is 12.4 Å². The summed E-state index contributed by atoms with van der Waals surface area (Å²) >= 11 is 0. The Morgan fingerprint density at radius 1 is 0.328 bits per heavy atom. The molecule has 0 radical (unpaired) electrons. The summed E-state index contributed by atoms with van der Waals surface area (Å²) in [5, 5.41) is 2.23. The van der Waals surface area contributed by atoms with Crippen molar-refractivity contribution in [3.8, 4) is 39.1 Å². The van der Waals surface area contributed by atoms with Crippen LogP contribution in [-0.4, -0.2) is 4.57 Å². The highest BCUT2D eigenvalue weighted by Crippen LogP contribution is 2.43. The van der Waals surface area contributed by atoms with Crippen LogP contribution in [0.1, 0.15) is 11.1 Å². The molecule has 0 bridgehead atoms. The third kappa shape index (κ3) is 6.87. The molecule has 0 unspecified atom stereocenters. The number of aromatic nitrogens is 1. The summed E-state index contributed by atoms with van der Waals surface area (Å²) in [6.07, 6.45) is -10.3. The van der Waals surface area contributed by atoms with E-state index in [1.807, 2.05) is 72.8 Å². The molecule has 2 nitrogen and oxygen atoms in total. The van der Waals surface area contributed by atoms with Crippen LogP contribution in [0.25, 0.3) is 60.9 Å². The van der Waals surface area contributed by atoms with Gasteiger partial charge in [-0.15, -0.1) is 0 Å². The van der Waals surface area contributed by atoms with E-state index in [1.54, 1.807) is 24.3 Å². The lowest BCUT2D eigenvalue weighted by atomic mass is 9.96. The molecule has 0 atom stereocenters.